The fourth-order valence-electron chi connectivity index (χ4n) is 2.34. The van der Waals surface area contributed by atoms with Gasteiger partial charge in [0.25, 0.3) is 5.69 Å². The fraction of sp³-hybridized carbons (Fsp3) is 0.600. The molecule has 1 aromatic carbocycles. The first kappa shape index (κ1) is 17.5. The number of halogens is 1. The third-order valence-corrected chi connectivity index (χ3v) is 3.09. The van der Waals surface area contributed by atoms with E-state index < -0.39 is 10.7 Å². The second-order valence-electron chi connectivity index (χ2n) is 6.04. The van der Waals surface area contributed by atoms with Gasteiger partial charge in [0.15, 0.2) is 0 Å². The van der Waals surface area contributed by atoms with Crippen LogP contribution < -0.4 is 5.32 Å². The van der Waals surface area contributed by atoms with Gasteiger partial charge >= 0.3 is 0 Å². The van der Waals surface area contributed by atoms with E-state index in [1.165, 1.54) is 12.1 Å². The predicted octanol–water partition coefficient (Wildman–Crippen LogP) is 2.80. The molecule has 0 bridgehead atoms. The Bertz CT molecular complexity index is 468. The first-order chi connectivity index (χ1) is 9.77. The summed E-state index contributed by atoms with van der Waals surface area (Å²) in [7, 11) is 4.00. The van der Waals surface area contributed by atoms with Gasteiger partial charge in [-0.25, -0.2) is 4.39 Å². The third kappa shape index (κ3) is 6.64. The Morgan fingerprint density at radius 3 is 2.52 bits per heavy atom. The maximum atomic E-state index is 13.4. The quantitative estimate of drug-likeness (QED) is 0.592. The van der Waals surface area contributed by atoms with E-state index in [0.717, 1.165) is 19.0 Å². The lowest BCUT2D eigenvalue weighted by molar-refractivity contribution is -0.385. The van der Waals surface area contributed by atoms with E-state index in [0.29, 0.717) is 18.0 Å². The lowest BCUT2D eigenvalue weighted by atomic mass is 10.0. The number of non-ortho nitro benzene ring substituents is 1. The highest BCUT2D eigenvalue weighted by Gasteiger charge is 2.14. The van der Waals surface area contributed by atoms with E-state index in [-0.39, 0.29) is 11.7 Å². The molecule has 118 valence electrons. The first-order valence-electron chi connectivity index (χ1n) is 7.10. The predicted molar refractivity (Wildman–Crippen MR) is 81.7 cm³/mol. The average molecular weight is 297 g/mol. The van der Waals surface area contributed by atoms with Crippen molar-refractivity contribution in [1.82, 2.24) is 10.2 Å². The maximum absolute atomic E-state index is 13.4. The van der Waals surface area contributed by atoms with Crippen LogP contribution >= 0.6 is 0 Å². The van der Waals surface area contributed by atoms with E-state index in [1.54, 1.807) is 0 Å². The lowest BCUT2D eigenvalue weighted by Crippen LogP contribution is -2.38. The van der Waals surface area contributed by atoms with Gasteiger partial charge in [-0.3, -0.25) is 10.1 Å². The highest BCUT2D eigenvalue weighted by molar-refractivity contribution is 5.35. The molecule has 0 radical (unpaired) electrons. The summed E-state index contributed by atoms with van der Waals surface area (Å²) in [5, 5.41) is 14.1. The van der Waals surface area contributed by atoms with Gasteiger partial charge in [0.2, 0.25) is 0 Å². The molecule has 0 fully saturated rings. The zero-order valence-corrected chi connectivity index (χ0v) is 13.1. The second-order valence-corrected chi connectivity index (χ2v) is 6.04. The SMILES string of the molecule is CC(C)CC(CN(C)C)NCc1cc(F)cc([N+](=O)[O-])c1. The van der Waals surface area contributed by atoms with Crippen LogP contribution in [0.1, 0.15) is 25.8 Å². The van der Waals surface area contributed by atoms with Crippen molar-refractivity contribution in [1.29, 1.82) is 0 Å². The van der Waals surface area contributed by atoms with Crippen molar-refractivity contribution in [2.24, 2.45) is 5.92 Å². The molecular weight excluding hydrogens is 273 g/mol. The van der Waals surface area contributed by atoms with Crippen LogP contribution in [0.4, 0.5) is 10.1 Å². The normalized spacial score (nSPS) is 12.9. The highest BCUT2D eigenvalue weighted by atomic mass is 19.1. The molecule has 0 spiro atoms. The number of nitrogens with zero attached hydrogens (tertiary/aromatic N) is 2. The van der Waals surface area contributed by atoms with Gasteiger partial charge in [0.05, 0.1) is 11.0 Å². The van der Waals surface area contributed by atoms with Gasteiger partial charge in [0.1, 0.15) is 5.82 Å². The molecule has 0 saturated heterocycles. The number of likely N-dealkylation sites (N-methyl/N-ethyl adjacent to an activating group) is 1. The molecule has 0 saturated carbocycles. The summed E-state index contributed by atoms with van der Waals surface area (Å²) in [6, 6.07) is 3.96. The molecule has 0 aliphatic rings. The number of hydrogen-bond acceptors (Lipinski definition) is 4. The molecule has 6 heteroatoms. The minimum Gasteiger partial charge on any atom is -0.309 e. The fourth-order valence-corrected chi connectivity index (χ4v) is 2.34. The largest absolute Gasteiger partial charge is 0.309 e. The number of nitro benzene ring substituents is 1. The molecule has 5 nitrogen and oxygen atoms in total. The van der Waals surface area contributed by atoms with Gasteiger partial charge in [-0.1, -0.05) is 13.8 Å². The minimum atomic E-state index is -0.575. The van der Waals surface area contributed by atoms with E-state index in [2.05, 4.69) is 24.1 Å². The smallest absolute Gasteiger partial charge is 0.272 e. The Kier molecular flexibility index (Phi) is 6.71. The van der Waals surface area contributed by atoms with Crippen LogP contribution in [0.15, 0.2) is 18.2 Å². The monoisotopic (exact) mass is 297 g/mol. The molecule has 1 rings (SSSR count). The minimum absolute atomic E-state index is 0.209. The molecule has 1 unspecified atom stereocenters. The number of rotatable bonds is 8. The summed E-state index contributed by atoms with van der Waals surface area (Å²) in [4.78, 5) is 12.3. The Balaban J connectivity index is 2.72. The van der Waals surface area contributed by atoms with E-state index >= 15 is 0 Å². The van der Waals surface area contributed by atoms with Gasteiger partial charge < -0.3 is 10.2 Å². The van der Waals surface area contributed by atoms with Gasteiger partial charge in [0, 0.05) is 25.2 Å². The number of benzene rings is 1. The van der Waals surface area contributed by atoms with Crippen LogP contribution in [0.5, 0.6) is 0 Å². The zero-order valence-electron chi connectivity index (χ0n) is 13.1. The number of nitrogens with one attached hydrogen (secondary N) is 1. The summed E-state index contributed by atoms with van der Waals surface area (Å²) < 4.78 is 13.4. The maximum Gasteiger partial charge on any atom is 0.272 e. The van der Waals surface area contributed by atoms with Gasteiger partial charge in [-0.2, -0.15) is 0 Å². The molecule has 0 amide bonds. The second kappa shape index (κ2) is 8.05. The molecule has 1 aromatic rings. The topological polar surface area (TPSA) is 58.4 Å². The summed E-state index contributed by atoms with van der Waals surface area (Å²) in [6.45, 7) is 5.59. The van der Waals surface area contributed by atoms with Crippen LogP contribution in [0.3, 0.4) is 0 Å². The van der Waals surface area contributed by atoms with E-state index in [4.69, 9.17) is 0 Å². The summed E-state index contributed by atoms with van der Waals surface area (Å²) in [5.41, 5.74) is 0.383. The van der Waals surface area contributed by atoms with Gasteiger partial charge in [-0.05, 0) is 38.1 Å². The van der Waals surface area contributed by atoms with Crippen molar-refractivity contribution >= 4 is 5.69 Å². The van der Waals surface area contributed by atoms with E-state index in [1.807, 2.05) is 14.1 Å². The van der Waals surface area contributed by atoms with E-state index in [9.17, 15) is 14.5 Å². The van der Waals surface area contributed by atoms with Crippen LogP contribution in [0, 0.1) is 21.8 Å². The molecule has 1 N–H and O–H groups in total. The van der Waals surface area contributed by atoms with Crippen LogP contribution in [0.25, 0.3) is 0 Å². The molecule has 0 aromatic heterocycles. The molecule has 21 heavy (non-hydrogen) atoms. The Labute approximate surface area is 125 Å². The standard InChI is InChI=1S/C15H24FN3O2/c1-11(2)5-14(10-18(3)4)17-9-12-6-13(16)8-15(7-12)19(20)21/h6-8,11,14,17H,5,9-10H2,1-4H3. The summed E-state index contributed by atoms with van der Waals surface area (Å²) in [6.07, 6.45) is 0.996. The molecule has 0 aliphatic heterocycles. The molecule has 0 heterocycles. The van der Waals surface area contributed by atoms with Gasteiger partial charge in [-0.15, -0.1) is 0 Å². The van der Waals surface area contributed by atoms with Crippen LogP contribution in [0.2, 0.25) is 0 Å². The van der Waals surface area contributed by atoms with Crippen molar-refractivity contribution in [3.8, 4) is 0 Å². The van der Waals surface area contributed by atoms with Crippen molar-refractivity contribution in [2.45, 2.75) is 32.9 Å². The molecule has 1 atom stereocenters. The first-order valence-corrected chi connectivity index (χ1v) is 7.10. The van der Waals surface area contributed by atoms with Crippen molar-refractivity contribution in [2.75, 3.05) is 20.6 Å². The van der Waals surface area contributed by atoms with Crippen molar-refractivity contribution in [3.63, 3.8) is 0 Å². The summed E-state index contributed by atoms with van der Waals surface area (Å²) in [5.74, 6) is -0.0293. The van der Waals surface area contributed by atoms with Crippen molar-refractivity contribution < 1.29 is 9.31 Å². The zero-order chi connectivity index (χ0) is 16.0. The number of hydrogen-bond donors (Lipinski definition) is 1. The molecular formula is C15H24FN3O2. The molecule has 0 aliphatic carbocycles. The lowest BCUT2D eigenvalue weighted by Gasteiger charge is -2.24. The third-order valence-electron chi connectivity index (χ3n) is 3.09. The van der Waals surface area contributed by atoms with Crippen LogP contribution in [-0.4, -0.2) is 36.5 Å². The Morgan fingerprint density at radius 1 is 1.33 bits per heavy atom. The van der Waals surface area contributed by atoms with Crippen LogP contribution in [-0.2, 0) is 6.54 Å². The Morgan fingerprint density at radius 2 is 2.00 bits per heavy atom. The average Bonchev–Trinajstić information content (AvgIpc) is 2.34. The van der Waals surface area contributed by atoms with Crippen molar-refractivity contribution in [3.05, 3.63) is 39.7 Å². The summed E-state index contributed by atoms with van der Waals surface area (Å²) >= 11 is 0. The number of nitro groups is 1. The highest BCUT2D eigenvalue weighted by Crippen LogP contribution is 2.16. The Hall–Kier alpha value is -1.53.